The zero-order chi connectivity index (χ0) is 18.7. The summed E-state index contributed by atoms with van der Waals surface area (Å²) in [6.45, 7) is 2.17. The van der Waals surface area contributed by atoms with Crippen LogP contribution in [0.2, 0.25) is 0 Å². The van der Waals surface area contributed by atoms with Crippen LogP contribution in [0.4, 0.5) is 0 Å². The fraction of sp³-hybridized carbons (Fsp3) is 0.316. The highest BCUT2D eigenvalue weighted by atomic mass is 32.2. The molecule has 0 spiro atoms. The van der Waals surface area contributed by atoms with Gasteiger partial charge in [-0.3, -0.25) is 4.79 Å². The Morgan fingerprint density at radius 1 is 1.19 bits per heavy atom. The molecule has 1 aliphatic heterocycles. The lowest BCUT2D eigenvalue weighted by Crippen LogP contribution is -2.37. The second-order valence-corrected chi connectivity index (χ2v) is 8.12. The smallest absolute Gasteiger partial charge is 0.248 e. The van der Waals surface area contributed by atoms with Crippen molar-refractivity contribution in [3.05, 3.63) is 65.2 Å². The second-order valence-electron chi connectivity index (χ2n) is 6.41. The van der Waals surface area contributed by atoms with Crippen molar-refractivity contribution < 1.29 is 18.3 Å². The van der Waals surface area contributed by atoms with Crippen LogP contribution >= 0.6 is 0 Å². The van der Waals surface area contributed by atoms with E-state index in [-0.39, 0.29) is 16.8 Å². The van der Waals surface area contributed by atoms with Crippen LogP contribution in [-0.4, -0.2) is 37.5 Å². The number of sulfonamides is 1. The lowest BCUT2D eigenvalue weighted by Gasteiger charge is -2.28. The van der Waals surface area contributed by atoms with E-state index in [1.54, 1.807) is 23.1 Å². The molecule has 26 heavy (non-hydrogen) atoms. The first kappa shape index (κ1) is 18.6. The Labute approximate surface area is 153 Å². The molecule has 6 nitrogen and oxygen atoms in total. The molecule has 1 aliphatic rings. The maximum Gasteiger partial charge on any atom is 0.248 e. The summed E-state index contributed by atoms with van der Waals surface area (Å²) in [5.41, 5.74) is 2.72. The number of fused-ring (bicyclic) bond motifs is 1. The van der Waals surface area contributed by atoms with Gasteiger partial charge in [0.25, 0.3) is 0 Å². The van der Waals surface area contributed by atoms with Crippen LogP contribution in [0.25, 0.3) is 0 Å². The molecular weight excluding hydrogens is 352 g/mol. The third kappa shape index (κ3) is 3.95. The third-order valence-electron chi connectivity index (χ3n) is 4.62. The number of benzene rings is 2. The summed E-state index contributed by atoms with van der Waals surface area (Å²) in [5.74, 6) is -0.314. The van der Waals surface area contributed by atoms with E-state index < -0.39 is 16.6 Å². The number of carbonyl (C=O) groups is 1. The highest BCUT2D eigenvalue weighted by molar-refractivity contribution is 7.89. The van der Waals surface area contributed by atoms with Gasteiger partial charge in [0.1, 0.15) is 6.61 Å². The molecule has 7 heteroatoms. The first-order chi connectivity index (χ1) is 12.4. The van der Waals surface area contributed by atoms with Gasteiger partial charge in [-0.25, -0.2) is 13.1 Å². The van der Waals surface area contributed by atoms with Gasteiger partial charge in [-0.2, -0.15) is 0 Å². The minimum Gasteiger partial charge on any atom is -0.387 e. The van der Waals surface area contributed by atoms with E-state index in [2.05, 4.69) is 4.72 Å². The lowest BCUT2D eigenvalue weighted by atomic mass is 10.00. The molecular formula is C19H22N2O4S. The first-order valence-corrected chi connectivity index (χ1v) is 9.97. The Morgan fingerprint density at radius 3 is 2.62 bits per heavy atom. The molecule has 2 aromatic rings. The monoisotopic (exact) mass is 374 g/mol. The number of hydrogen-bond acceptors (Lipinski definition) is 4. The summed E-state index contributed by atoms with van der Waals surface area (Å²) in [6, 6.07) is 14.0. The van der Waals surface area contributed by atoms with Crippen LogP contribution in [0.5, 0.6) is 0 Å². The van der Waals surface area contributed by atoms with Gasteiger partial charge in [0, 0.05) is 19.1 Å². The van der Waals surface area contributed by atoms with Gasteiger partial charge in [0.15, 0.2) is 0 Å². The standard InChI is InChI=1S/C19H22N2O4S/c1-14(15-5-3-2-4-6-15)20-26(24,25)18-8-7-17-12-21(19(23)13-22)10-9-16(17)11-18/h2-8,11,14,20,22H,9-10,12-13H2,1H3. The van der Waals surface area contributed by atoms with Gasteiger partial charge in [-0.05, 0) is 42.2 Å². The topological polar surface area (TPSA) is 86.7 Å². The molecule has 0 radical (unpaired) electrons. The Balaban J connectivity index is 1.79. The Kier molecular flexibility index (Phi) is 5.41. The molecule has 1 atom stereocenters. The minimum atomic E-state index is -3.65. The van der Waals surface area contributed by atoms with Gasteiger partial charge < -0.3 is 10.0 Å². The molecule has 3 rings (SSSR count). The van der Waals surface area contributed by atoms with Gasteiger partial charge in [0.05, 0.1) is 4.90 Å². The normalized spacial score (nSPS) is 15.4. The van der Waals surface area contributed by atoms with Crippen LogP contribution < -0.4 is 4.72 Å². The van der Waals surface area contributed by atoms with E-state index in [0.29, 0.717) is 19.5 Å². The molecule has 1 amide bonds. The van der Waals surface area contributed by atoms with E-state index >= 15 is 0 Å². The first-order valence-electron chi connectivity index (χ1n) is 8.48. The van der Waals surface area contributed by atoms with Gasteiger partial charge in [0.2, 0.25) is 15.9 Å². The number of nitrogens with one attached hydrogen (secondary N) is 1. The molecule has 2 aromatic carbocycles. The summed E-state index contributed by atoms with van der Waals surface area (Å²) in [5, 5.41) is 8.98. The zero-order valence-corrected chi connectivity index (χ0v) is 15.4. The number of rotatable bonds is 5. The minimum absolute atomic E-state index is 0.223. The molecule has 138 valence electrons. The lowest BCUT2D eigenvalue weighted by molar-refractivity contribution is -0.135. The van der Waals surface area contributed by atoms with Crippen molar-refractivity contribution in [2.45, 2.75) is 30.8 Å². The third-order valence-corrected chi connectivity index (χ3v) is 6.16. The van der Waals surface area contributed by atoms with Gasteiger partial charge in [-0.15, -0.1) is 0 Å². The fourth-order valence-corrected chi connectivity index (χ4v) is 4.40. The molecule has 0 saturated carbocycles. The molecule has 1 unspecified atom stereocenters. The second kappa shape index (κ2) is 7.57. The van der Waals surface area contributed by atoms with Gasteiger partial charge in [-0.1, -0.05) is 36.4 Å². The number of aliphatic hydroxyl groups is 1. The highest BCUT2D eigenvalue weighted by Crippen LogP contribution is 2.24. The molecule has 0 aliphatic carbocycles. The number of hydrogen-bond donors (Lipinski definition) is 2. The summed E-state index contributed by atoms with van der Waals surface area (Å²) >= 11 is 0. The van der Waals surface area contributed by atoms with Crippen LogP contribution in [0, 0.1) is 0 Å². The van der Waals surface area contributed by atoms with Gasteiger partial charge >= 0.3 is 0 Å². The average molecular weight is 374 g/mol. The molecule has 0 bridgehead atoms. The number of carbonyl (C=O) groups excluding carboxylic acids is 1. The zero-order valence-electron chi connectivity index (χ0n) is 14.6. The molecule has 1 heterocycles. The number of nitrogens with zero attached hydrogens (tertiary/aromatic N) is 1. The molecule has 0 saturated heterocycles. The van der Waals surface area contributed by atoms with E-state index in [4.69, 9.17) is 5.11 Å². The maximum atomic E-state index is 12.7. The number of amides is 1. The van der Waals surface area contributed by atoms with Crippen LogP contribution in [0.3, 0.4) is 0 Å². The van der Waals surface area contributed by atoms with E-state index in [9.17, 15) is 13.2 Å². The van der Waals surface area contributed by atoms with E-state index in [1.165, 1.54) is 0 Å². The van der Waals surface area contributed by atoms with E-state index in [1.807, 2.05) is 37.3 Å². The van der Waals surface area contributed by atoms with Crippen molar-refractivity contribution in [3.8, 4) is 0 Å². The molecule has 2 N–H and O–H groups in total. The van der Waals surface area contributed by atoms with Crippen LogP contribution in [0.1, 0.15) is 29.7 Å². The largest absolute Gasteiger partial charge is 0.387 e. The predicted octanol–water partition coefficient (Wildman–Crippen LogP) is 1.60. The predicted molar refractivity (Wildman–Crippen MR) is 97.8 cm³/mol. The van der Waals surface area contributed by atoms with Crippen molar-refractivity contribution in [2.75, 3.05) is 13.2 Å². The van der Waals surface area contributed by atoms with Crippen molar-refractivity contribution in [1.29, 1.82) is 0 Å². The summed E-state index contributed by atoms with van der Waals surface area (Å²) < 4.78 is 28.1. The summed E-state index contributed by atoms with van der Waals surface area (Å²) in [4.78, 5) is 13.4. The van der Waals surface area contributed by atoms with Crippen molar-refractivity contribution in [3.63, 3.8) is 0 Å². The van der Waals surface area contributed by atoms with Crippen LogP contribution in [-0.2, 0) is 27.8 Å². The fourth-order valence-electron chi connectivity index (χ4n) is 3.12. The summed E-state index contributed by atoms with van der Waals surface area (Å²) in [7, 11) is -3.65. The van der Waals surface area contributed by atoms with E-state index in [0.717, 1.165) is 16.7 Å². The van der Waals surface area contributed by atoms with Crippen molar-refractivity contribution in [1.82, 2.24) is 9.62 Å². The molecule has 0 aromatic heterocycles. The van der Waals surface area contributed by atoms with Crippen molar-refractivity contribution in [2.24, 2.45) is 0 Å². The quantitative estimate of drug-likeness (QED) is 0.832. The average Bonchev–Trinajstić information content (AvgIpc) is 2.66. The SMILES string of the molecule is CC(NS(=O)(=O)c1ccc2c(c1)CCN(C(=O)CO)C2)c1ccccc1. The Morgan fingerprint density at radius 2 is 1.92 bits per heavy atom. The number of aliphatic hydroxyl groups excluding tert-OH is 1. The van der Waals surface area contributed by atoms with Crippen LogP contribution in [0.15, 0.2) is 53.4 Å². The van der Waals surface area contributed by atoms with Crippen molar-refractivity contribution >= 4 is 15.9 Å². The Hall–Kier alpha value is -2.22. The Bertz CT molecular complexity index is 897. The highest BCUT2D eigenvalue weighted by Gasteiger charge is 2.23. The maximum absolute atomic E-state index is 12.7. The summed E-state index contributed by atoms with van der Waals surface area (Å²) in [6.07, 6.45) is 0.568. The molecule has 0 fully saturated rings.